The summed E-state index contributed by atoms with van der Waals surface area (Å²) in [5.74, 6) is 0. The van der Waals surface area contributed by atoms with Crippen LogP contribution in [0.3, 0.4) is 0 Å². The van der Waals surface area contributed by atoms with Crippen molar-refractivity contribution in [1.82, 2.24) is 4.72 Å². The summed E-state index contributed by atoms with van der Waals surface area (Å²) in [7, 11) is -1.78. The molecule has 0 bridgehead atoms. The van der Waals surface area contributed by atoms with Gasteiger partial charge in [0.1, 0.15) is 0 Å². The largest absolute Gasteiger partial charge is 0.328 e. The van der Waals surface area contributed by atoms with Gasteiger partial charge in [0.15, 0.2) is 0 Å². The predicted octanol–water partition coefficient (Wildman–Crippen LogP) is 2.94. The lowest BCUT2D eigenvalue weighted by molar-refractivity contribution is -0.890. The molecule has 0 heterocycles. The number of benzene rings is 2. The van der Waals surface area contributed by atoms with Crippen LogP contribution >= 0.6 is 30.5 Å². The number of nitrogens with one attached hydrogen (secondary N) is 1. The molecule has 0 fully saturated rings. The first-order valence-electron chi connectivity index (χ1n) is 9.60. The van der Waals surface area contributed by atoms with Gasteiger partial charge in [0.2, 0.25) is 10.0 Å². The SMILES string of the molecule is CN(I)c1cccc2c(S(=O)(=O)NCCC[N+](C)(C)CCCP(=O)(O)O)cccc12. The van der Waals surface area contributed by atoms with Crippen molar-refractivity contribution < 1.29 is 27.3 Å². The molecular formula is C19H30IN3O5PS+. The van der Waals surface area contributed by atoms with Crippen LogP contribution in [0.4, 0.5) is 5.69 Å². The summed E-state index contributed by atoms with van der Waals surface area (Å²) >= 11 is 2.16. The van der Waals surface area contributed by atoms with E-state index in [0.29, 0.717) is 42.3 Å². The van der Waals surface area contributed by atoms with Gasteiger partial charge in [-0.1, -0.05) is 24.3 Å². The molecule has 2 rings (SSSR count). The average Bonchev–Trinajstić information content (AvgIpc) is 2.63. The first-order chi connectivity index (χ1) is 13.8. The molecule has 2 aromatic rings. The summed E-state index contributed by atoms with van der Waals surface area (Å²) in [6.45, 7) is 1.61. The second kappa shape index (κ2) is 10.2. The maximum absolute atomic E-state index is 12.9. The normalized spacial score (nSPS) is 13.0. The summed E-state index contributed by atoms with van der Waals surface area (Å²) < 4.78 is 42.0. The summed E-state index contributed by atoms with van der Waals surface area (Å²) in [5, 5.41) is 1.56. The maximum Gasteiger partial charge on any atom is 0.325 e. The van der Waals surface area contributed by atoms with E-state index in [4.69, 9.17) is 9.79 Å². The van der Waals surface area contributed by atoms with Gasteiger partial charge in [-0.2, -0.15) is 0 Å². The van der Waals surface area contributed by atoms with Crippen molar-refractivity contribution in [3.8, 4) is 0 Å². The van der Waals surface area contributed by atoms with Gasteiger partial charge >= 0.3 is 7.60 Å². The van der Waals surface area contributed by atoms with Crippen molar-refractivity contribution in [3.05, 3.63) is 36.4 Å². The molecule has 0 unspecified atom stereocenters. The minimum absolute atomic E-state index is 0.128. The Morgan fingerprint density at radius 2 is 1.67 bits per heavy atom. The van der Waals surface area contributed by atoms with Crippen LogP contribution in [0.1, 0.15) is 12.8 Å². The number of hydrogen-bond donors (Lipinski definition) is 3. The number of sulfonamides is 1. The van der Waals surface area contributed by atoms with Crippen LogP contribution in [0.25, 0.3) is 10.8 Å². The molecule has 11 heteroatoms. The molecule has 0 aliphatic heterocycles. The highest BCUT2D eigenvalue weighted by molar-refractivity contribution is 14.1. The van der Waals surface area contributed by atoms with E-state index >= 15 is 0 Å². The predicted molar refractivity (Wildman–Crippen MR) is 130 cm³/mol. The first kappa shape index (κ1) is 25.5. The number of fused-ring (bicyclic) bond motifs is 1. The molecule has 0 radical (unpaired) electrons. The fourth-order valence-electron chi connectivity index (χ4n) is 3.38. The van der Waals surface area contributed by atoms with Crippen LogP contribution in [0.2, 0.25) is 0 Å². The van der Waals surface area contributed by atoms with Crippen molar-refractivity contribution in [2.24, 2.45) is 0 Å². The monoisotopic (exact) mass is 570 g/mol. The Morgan fingerprint density at radius 1 is 1.07 bits per heavy atom. The van der Waals surface area contributed by atoms with E-state index in [1.807, 2.05) is 48.5 Å². The van der Waals surface area contributed by atoms with Crippen LogP contribution in [0.5, 0.6) is 0 Å². The van der Waals surface area contributed by atoms with Crippen LogP contribution < -0.4 is 7.84 Å². The molecule has 2 aromatic carbocycles. The average molecular weight is 570 g/mol. The number of halogens is 1. The Hall–Kier alpha value is -0.750. The smallest absolute Gasteiger partial charge is 0.325 e. The van der Waals surface area contributed by atoms with Gasteiger partial charge < -0.3 is 17.4 Å². The molecule has 30 heavy (non-hydrogen) atoms. The summed E-state index contributed by atoms with van der Waals surface area (Å²) in [6.07, 6.45) is 0.915. The molecule has 0 atom stereocenters. The zero-order valence-electron chi connectivity index (χ0n) is 17.5. The fraction of sp³-hybridized carbons (Fsp3) is 0.474. The lowest BCUT2D eigenvalue weighted by atomic mass is 10.1. The van der Waals surface area contributed by atoms with E-state index in [1.165, 1.54) is 0 Å². The molecule has 0 spiro atoms. The lowest BCUT2D eigenvalue weighted by Gasteiger charge is -2.30. The number of hydrogen-bond acceptors (Lipinski definition) is 4. The topological polar surface area (TPSA) is 107 Å². The van der Waals surface area contributed by atoms with Gasteiger partial charge in [0.25, 0.3) is 0 Å². The van der Waals surface area contributed by atoms with E-state index in [9.17, 15) is 13.0 Å². The highest BCUT2D eigenvalue weighted by atomic mass is 127. The third-order valence-electron chi connectivity index (χ3n) is 4.93. The van der Waals surface area contributed by atoms with Gasteiger partial charge in [-0.05, 0) is 12.1 Å². The molecule has 0 amide bonds. The summed E-state index contributed by atoms with van der Waals surface area (Å²) in [5.41, 5.74) is 0.944. The molecule has 0 aliphatic carbocycles. The van der Waals surface area contributed by atoms with E-state index in [2.05, 4.69) is 27.6 Å². The lowest BCUT2D eigenvalue weighted by Crippen LogP contribution is -2.42. The number of anilines is 1. The molecule has 8 nitrogen and oxygen atoms in total. The third kappa shape index (κ3) is 7.44. The first-order valence-corrected chi connectivity index (χ1v) is 13.8. The van der Waals surface area contributed by atoms with Crippen LogP contribution in [-0.2, 0) is 14.6 Å². The number of rotatable bonds is 11. The van der Waals surface area contributed by atoms with Crippen molar-refractivity contribution in [2.75, 3.05) is 50.1 Å². The Balaban J connectivity index is 2.01. The van der Waals surface area contributed by atoms with Crippen molar-refractivity contribution >= 4 is 56.9 Å². The Kier molecular flexibility index (Phi) is 8.71. The quantitative estimate of drug-likeness (QED) is 0.126. The zero-order valence-corrected chi connectivity index (χ0v) is 21.3. The van der Waals surface area contributed by atoms with Crippen molar-refractivity contribution in [1.29, 1.82) is 0 Å². The van der Waals surface area contributed by atoms with E-state index in [0.717, 1.165) is 11.1 Å². The molecule has 0 aliphatic rings. The Labute approximate surface area is 192 Å². The van der Waals surface area contributed by atoms with E-state index in [-0.39, 0.29) is 11.1 Å². The molecule has 0 aromatic heterocycles. The van der Waals surface area contributed by atoms with Crippen LogP contribution in [-0.4, -0.2) is 69.6 Å². The van der Waals surface area contributed by atoms with Gasteiger partial charge in [-0.25, -0.2) is 13.1 Å². The summed E-state index contributed by atoms with van der Waals surface area (Å²) in [6, 6.07) is 10.9. The minimum Gasteiger partial charge on any atom is -0.328 e. The zero-order chi connectivity index (χ0) is 22.6. The van der Waals surface area contributed by atoms with E-state index in [1.54, 1.807) is 12.1 Å². The van der Waals surface area contributed by atoms with Crippen molar-refractivity contribution in [2.45, 2.75) is 17.7 Å². The fourth-order valence-corrected chi connectivity index (χ4v) is 5.64. The van der Waals surface area contributed by atoms with Crippen LogP contribution in [0, 0.1) is 0 Å². The highest BCUT2D eigenvalue weighted by Crippen LogP contribution is 2.35. The van der Waals surface area contributed by atoms with Gasteiger partial charge in [0, 0.05) is 37.2 Å². The molecule has 0 saturated carbocycles. The molecular weight excluding hydrogens is 540 g/mol. The summed E-state index contributed by atoms with van der Waals surface area (Å²) in [4.78, 5) is 18.2. The second-order valence-electron chi connectivity index (χ2n) is 7.98. The standard InChI is InChI=1S/C19H29IN3O5PS/c1-22(20)18-10-4-9-17-16(18)8-5-11-19(17)30(27,28)21-12-6-13-23(2,3)14-7-15-29(24,25)26/h4-5,8-11,21H,6-7,12-15H2,1-3H3,(H-,24,25,26)/p+1. The molecule has 3 N–H and O–H groups in total. The molecule has 0 saturated heterocycles. The third-order valence-corrected chi connectivity index (χ3v) is 7.86. The number of nitrogens with zero attached hydrogens (tertiary/aromatic N) is 2. The van der Waals surface area contributed by atoms with Gasteiger partial charge in [-0.3, -0.25) is 4.57 Å². The van der Waals surface area contributed by atoms with Gasteiger partial charge in [0.05, 0.1) is 66.8 Å². The molecule has 168 valence electrons. The Morgan fingerprint density at radius 3 is 2.30 bits per heavy atom. The second-order valence-corrected chi connectivity index (χ2v) is 12.9. The number of quaternary nitrogens is 1. The minimum atomic E-state index is -3.97. The highest BCUT2D eigenvalue weighted by Gasteiger charge is 2.21. The maximum atomic E-state index is 12.9. The van der Waals surface area contributed by atoms with E-state index < -0.39 is 17.6 Å². The Bertz CT molecular complexity index is 1020. The van der Waals surface area contributed by atoms with Crippen molar-refractivity contribution in [3.63, 3.8) is 0 Å². The van der Waals surface area contributed by atoms with Gasteiger partial charge in [-0.15, -0.1) is 0 Å². The van der Waals surface area contributed by atoms with Crippen LogP contribution in [0.15, 0.2) is 41.3 Å².